The fourth-order valence-electron chi connectivity index (χ4n) is 2.65. The van der Waals surface area contributed by atoms with Crippen LogP contribution in [0.4, 0.5) is 0 Å². The summed E-state index contributed by atoms with van der Waals surface area (Å²) >= 11 is 0. The van der Waals surface area contributed by atoms with Crippen molar-refractivity contribution in [2.24, 2.45) is 11.7 Å². The Kier molecular flexibility index (Phi) is 8.06. The standard InChI is InChI=1S/C14H27NO5/c1-17-8-9-20-11-10-19-7-5-12-4-3-6-14(12,15)13(16)18-2/h12H,3-11,15H2,1-2H3. The Morgan fingerprint density at radius 2 is 1.80 bits per heavy atom. The maximum atomic E-state index is 11.8. The van der Waals surface area contributed by atoms with Crippen LogP contribution in [0.3, 0.4) is 0 Å². The predicted molar refractivity (Wildman–Crippen MR) is 74.4 cm³/mol. The first kappa shape index (κ1) is 17.4. The second kappa shape index (κ2) is 9.28. The molecule has 0 heterocycles. The van der Waals surface area contributed by atoms with Gasteiger partial charge in [0.05, 0.1) is 33.5 Å². The van der Waals surface area contributed by atoms with E-state index in [1.54, 1.807) is 7.11 Å². The number of esters is 1. The Labute approximate surface area is 120 Å². The lowest BCUT2D eigenvalue weighted by molar-refractivity contribution is -0.148. The molecule has 0 aromatic rings. The number of methoxy groups -OCH3 is 2. The summed E-state index contributed by atoms with van der Waals surface area (Å²) in [7, 11) is 3.03. The quantitative estimate of drug-likeness (QED) is 0.472. The van der Waals surface area contributed by atoms with Gasteiger partial charge in [-0.2, -0.15) is 0 Å². The van der Waals surface area contributed by atoms with Gasteiger partial charge in [0.15, 0.2) is 0 Å². The third kappa shape index (κ3) is 5.01. The van der Waals surface area contributed by atoms with E-state index in [0.717, 1.165) is 19.3 Å². The highest BCUT2D eigenvalue weighted by atomic mass is 16.5. The van der Waals surface area contributed by atoms with Crippen LogP contribution in [0, 0.1) is 5.92 Å². The summed E-state index contributed by atoms with van der Waals surface area (Å²) in [6.07, 6.45) is 3.41. The van der Waals surface area contributed by atoms with E-state index in [1.807, 2.05) is 0 Å². The number of hydrogen-bond acceptors (Lipinski definition) is 6. The van der Waals surface area contributed by atoms with Gasteiger partial charge < -0.3 is 24.7 Å². The van der Waals surface area contributed by atoms with E-state index in [4.69, 9.17) is 24.7 Å². The van der Waals surface area contributed by atoms with Gasteiger partial charge in [0.25, 0.3) is 0 Å². The van der Waals surface area contributed by atoms with Crippen LogP contribution in [-0.2, 0) is 23.7 Å². The number of nitrogens with two attached hydrogens (primary N) is 1. The molecule has 1 rings (SSSR count). The molecule has 1 fully saturated rings. The van der Waals surface area contributed by atoms with Crippen LogP contribution in [0.2, 0.25) is 0 Å². The molecule has 1 saturated carbocycles. The molecule has 0 aliphatic heterocycles. The van der Waals surface area contributed by atoms with Crippen LogP contribution >= 0.6 is 0 Å². The van der Waals surface area contributed by atoms with Gasteiger partial charge in [-0.3, -0.25) is 4.79 Å². The molecule has 2 atom stereocenters. The van der Waals surface area contributed by atoms with Gasteiger partial charge in [-0.15, -0.1) is 0 Å². The topological polar surface area (TPSA) is 80.0 Å². The maximum Gasteiger partial charge on any atom is 0.326 e. The zero-order valence-electron chi connectivity index (χ0n) is 12.6. The summed E-state index contributed by atoms with van der Waals surface area (Å²) in [6.45, 7) is 2.87. The van der Waals surface area contributed by atoms with E-state index in [-0.39, 0.29) is 11.9 Å². The summed E-state index contributed by atoms with van der Waals surface area (Å²) in [4.78, 5) is 11.8. The number of carbonyl (C=O) groups is 1. The van der Waals surface area contributed by atoms with Crippen LogP contribution in [0.25, 0.3) is 0 Å². The minimum absolute atomic E-state index is 0.143. The zero-order valence-corrected chi connectivity index (χ0v) is 12.6. The van der Waals surface area contributed by atoms with Crippen molar-refractivity contribution in [2.45, 2.75) is 31.2 Å². The molecule has 6 nitrogen and oxygen atoms in total. The van der Waals surface area contributed by atoms with Crippen molar-refractivity contribution >= 4 is 5.97 Å². The van der Waals surface area contributed by atoms with Crippen molar-refractivity contribution in [1.29, 1.82) is 0 Å². The largest absolute Gasteiger partial charge is 0.468 e. The lowest BCUT2D eigenvalue weighted by Crippen LogP contribution is -2.51. The molecule has 0 saturated heterocycles. The average Bonchev–Trinajstić information content (AvgIpc) is 2.83. The van der Waals surface area contributed by atoms with E-state index in [2.05, 4.69) is 0 Å². The van der Waals surface area contributed by atoms with Crippen molar-refractivity contribution in [3.63, 3.8) is 0 Å². The average molecular weight is 289 g/mol. The fraction of sp³-hybridized carbons (Fsp3) is 0.929. The van der Waals surface area contributed by atoms with Crippen molar-refractivity contribution in [2.75, 3.05) is 47.3 Å². The number of rotatable bonds is 10. The van der Waals surface area contributed by atoms with Gasteiger partial charge in [0, 0.05) is 13.7 Å². The molecule has 0 aromatic carbocycles. The van der Waals surface area contributed by atoms with E-state index < -0.39 is 5.54 Å². The minimum atomic E-state index is -0.826. The molecule has 6 heteroatoms. The van der Waals surface area contributed by atoms with Crippen LogP contribution in [0.1, 0.15) is 25.7 Å². The SMILES string of the molecule is COCCOCCOCCC1CCCC1(N)C(=O)OC. The monoisotopic (exact) mass is 289 g/mol. The van der Waals surface area contributed by atoms with Crippen LogP contribution in [-0.4, -0.2) is 58.8 Å². The number of carbonyl (C=O) groups excluding carboxylic acids is 1. The Bertz CT molecular complexity index is 287. The molecule has 0 spiro atoms. The van der Waals surface area contributed by atoms with E-state index in [9.17, 15) is 4.79 Å². The van der Waals surface area contributed by atoms with E-state index in [0.29, 0.717) is 39.5 Å². The van der Waals surface area contributed by atoms with Crippen LogP contribution in [0.15, 0.2) is 0 Å². The third-order valence-corrected chi connectivity index (χ3v) is 3.85. The predicted octanol–water partition coefficient (Wildman–Crippen LogP) is 0.727. The normalized spacial score (nSPS) is 25.9. The fourth-order valence-corrected chi connectivity index (χ4v) is 2.65. The Morgan fingerprint density at radius 1 is 1.15 bits per heavy atom. The summed E-state index contributed by atoms with van der Waals surface area (Å²) in [6, 6.07) is 0. The second-order valence-electron chi connectivity index (χ2n) is 5.13. The van der Waals surface area contributed by atoms with E-state index in [1.165, 1.54) is 7.11 Å². The van der Waals surface area contributed by atoms with Crippen LogP contribution in [0.5, 0.6) is 0 Å². The summed E-state index contributed by atoms with van der Waals surface area (Å²) in [5, 5.41) is 0. The molecule has 0 bridgehead atoms. The summed E-state index contributed by atoms with van der Waals surface area (Å²) in [5.41, 5.74) is 5.36. The lowest BCUT2D eigenvalue weighted by Gasteiger charge is -2.28. The zero-order chi connectivity index (χ0) is 14.8. The number of hydrogen-bond donors (Lipinski definition) is 1. The van der Waals surface area contributed by atoms with Gasteiger partial charge in [-0.1, -0.05) is 6.42 Å². The van der Waals surface area contributed by atoms with Gasteiger partial charge in [0.1, 0.15) is 5.54 Å². The van der Waals surface area contributed by atoms with Crippen molar-refractivity contribution in [3.05, 3.63) is 0 Å². The first-order chi connectivity index (χ1) is 9.65. The summed E-state index contributed by atoms with van der Waals surface area (Å²) in [5.74, 6) is -0.160. The molecule has 2 N–H and O–H groups in total. The molecule has 0 amide bonds. The molecule has 0 aromatic heterocycles. The Hall–Kier alpha value is -0.690. The minimum Gasteiger partial charge on any atom is -0.468 e. The second-order valence-corrected chi connectivity index (χ2v) is 5.13. The van der Waals surface area contributed by atoms with Gasteiger partial charge in [-0.05, 0) is 25.2 Å². The molecule has 0 radical (unpaired) electrons. The summed E-state index contributed by atoms with van der Waals surface area (Å²) < 4.78 is 20.5. The Morgan fingerprint density at radius 3 is 2.45 bits per heavy atom. The smallest absolute Gasteiger partial charge is 0.326 e. The van der Waals surface area contributed by atoms with E-state index >= 15 is 0 Å². The third-order valence-electron chi connectivity index (χ3n) is 3.85. The maximum absolute atomic E-state index is 11.8. The van der Waals surface area contributed by atoms with Gasteiger partial charge in [0.2, 0.25) is 0 Å². The molecule has 118 valence electrons. The van der Waals surface area contributed by atoms with Crippen molar-refractivity contribution in [1.82, 2.24) is 0 Å². The Balaban J connectivity index is 2.13. The molecule has 20 heavy (non-hydrogen) atoms. The highest BCUT2D eigenvalue weighted by Gasteiger charge is 2.46. The number of ether oxygens (including phenoxy) is 4. The van der Waals surface area contributed by atoms with Gasteiger partial charge >= 0.3 is 5.97 Å². The molecular formula is C14H27NO5. The molecule has 1 aliphatic rings. The highest BCUT2D eigenvalue weighted by Crippen LogP contribution is 2.36. The van der Waals surface area contributed by atoms with Gasteiger partial charge in [-0.25, -0.2) is 0 Å². The lowest BCUT2D eigenvalue weighted by atomic mass is 9.86. The van der Waals surface area contributed by atoms with Crippen molar-refractivity contribution in [3.8, 4) is 0 Å². The molecule has 1 aliphatic carbocycles. The first-order valence-electron chi connectivity index (χ1n) is 7.17. The van der Waals surface area contributed by atoms with Crippen molar-refractivity contribution < 1.29 is 23.7 Å². The van der Waals surface area contributed by atoms with Crippen LogP contribution < -0.4 is 5.73 Å². The molecule has 2 unspecified atom stereocenters. The highest BCUT2D eigenvalue weighted by molar-refractivity contribution is 5.81. The first-order valence-corrected chi connectivity index (χ1v) is 7.17. The molecular weight excluding hydrogens is 262 g/mol.